The molecule has 0 aromatic carbocycles. The molecule has 0 atom stereocenters. The van der Waals surface area contributed by atoms with Crippen LogP contribution in [0.3, 0.4) is 0 Å². The van der Waals surface area contributed by atoms with Gasteiger partial charge in [-0.25, -0.2) is 9.97 Å². The van der Waals surface area contributed by atoms with Crippen molar-refractivity contribution in [3.63, 3.8) is 0 Å². The molecule has 17 heavy (non-hydrogen) atoms. The first kappa shape index (κ1) is 10.9. The van der Waals surface area contributed by atoms with Crippen LogP contribution in [-0.4, -0.2) is 36.3 Å². The van der Waals surface area contributed by atoms with Gasteiger partial charge < -0.3 is 15.0 Å². The van der Waals surface area contributed by atoms with Crippen LogP contribution in [0.5, 0.6) is 0 Å². The summed E-state index contributed by atoms with van der Waals surface area (Å²) in [5, 5.41) is 3.35. The van der Waals surface area contributed by atoms with Gasteiger partial charge in [-0.15, -0.1) is 0 Å². The van der Waals surface area contributed by atoms with Gasteiger partial charge in [0.2, 0.25) is 5.95 Å². The van der Waals surface area contributed by atoms with Crippen LogP contribution in [0, 0.1) is 0 Å². The predicted molar refractivity (Wildman–Crippen MR) is 65.0 cm³/mol. The summed E-state index contributed by atoms with van der Waals surface area (Å²) in [5.41, 5.74) is 3.68. The largest absolute Gasteiger partial charge is 0.378 e. The van der Waals surface area contributed by atoms with Crippen LogP contribution in [0.2, 0.25) is 0 Å². The van der Waals surface area contributed by atoms with E-state index in [0.717, 1.165) is 51.8 Å². The number of rotatable bonds is 2. The Balaban J connectivity index is 1.94. The Kier molecular flexibility index (Phi) is 2.94. The van der Waals surface area contributed by atoms with Crippen molar-refractivity contribution in [1.29, 1.82) is 0 Å². The van der Waals surface area contributed by atoms with Gasteiger partial charge in [-0.1, -0.05) is 6.92 Å². The van der Waals surface area contributed by atoms with Crippen molar-refractivity contribution < 1.29 is 4.74 Å². The molecule has 0 saturated carbocycles. The van der Waals surface area contributed by atoms with E-state index in [9.17, 15) is 0 Å². The summed E-state index contributed by atoms with van der Waals surface area (Å²) in [6.07, 6.45) is 0.976. The molecule has 3 heterocycles. The molecule has 1 N–H and O–H groups in total. The lowest BCUT2D eigenvalue weighted by molar-refractivity contribution is 0.122. The highest BCUT2D eigenvalue weighted by Gasteiger charge is 2.21. The highest BCUT2D eigenvalue weighted by atomic mass is 16.5. The molecule has 3 rings (SSSR count). The lowest BCUT2D eigenvalue weighted by Crippen LogP contribution is -2.37. The van der Waals surface area contributed by atoms with Gasteiger partial charge in [-0.2, -0.15) is 0 Å². The molecule has 5 nitrogen and oxygen atoms in total. The Morgan fingerprint density at radius 3 is 2.82 bits per heavy atom. The SMILES string of the molecule is CCc1nc(N2CCOCC2)nc2c1CNC2. The lowest BCUT2D eigenvalue weighted by Gasteiger charge is -2.27. The number of hydrogen-bond acceptors (Lipinski definition) is 5. The molecule has 2 aliphatic rings. The van der Waals surface area contributed by atoms with Crippen LogP contribution in [0.15, 0.2) is 0 Å². The summed E-state index contributed by atoms with van der Waals surface area (Å²) in [4.78, 5) is 11.6. The maximum atomic E-state index is 5.36. The fourth-order valence-corrected chi connectivity index (χ4v) is 2.42. The van der Waals surface area contributed by atoms with Crippen LogP contribution in [0.4, 0.5) is 5.95 Å². The van der Waals surface area contributed by atoms with Gasteiger partial charge >= 0.3 is 0 Å². The van der Waals surface area contributed by atoms with Crippen LogP contribution in [-0.2, 0) is 24.2 Å². The summed E-state index contributed by atoms with van der Waals surface area (Å²) in [6.45, 7) is 7.30. The maximum Gasteiger partial charge on any atom is 0.226 e. The maximum absolute atomic E-state index is 5.36. The monoisotopic (exact) mass is 234 g/mol. The van der Waals surface area contributed by atoms with Crippen molar-refractivity contribution in [3.8, 4) is 0 Å². The van der Waals surface area contributed by atoms with Gasteiger partial charge in [0, 0.05) is 31.7 Å². The zero-order valence-corrected chi connectivity index (χ0v) is 10.2. The molecule has 0 amide bonds. The normalized spacial score (nSPS) is 19.5. The van der Waals surface area contributed by atoms with Gasteiger partial charge in [-0.05, 0) is 6.42 Å². The smallest absolute Gasteiger partial charge is 0.226 e. The van der Waals surface area contributed by atoms with Crippen molar-refractivity contribution in [2.45, 2.75) is 26.4 Å². The molecule has 92 valence electrons. The Morgan fingerprint density at radius 1 is 1.24 bits per heavy atom. The fraction of sp³-hybridized carbons (Fsp3) is 0.667. The first-order chi connectivity index (χ1) is 8.38. The van der Waals surface area contributed by atoms with Gasteiger partial charge in [0.1, 0.15) is 0 Å². The van der Waals surface area contributed by atoms with E-state index < -0.39 is 0 Å². The van der Waals surface area contributed by atoms with E-state index in [2.05, 4.69) is 22.1 Å². The van der Waals surface area contributed by atoms with E-state index in [-0.39, 0.29) is 0 Å². The van der Waals surface area contributed by atoms with E-state index in [1.54, 1.807) is 0 Å². The van der Waals surface area contributed by atoms with Crippen molar-refractivity contribution in [1.82, 2.24) is 15.3 Å². The Morgan fingerprint density at radius 2 is 2.06 bits per heavy atom. The third-order valence-corrected chi connectivity index (χ3v) is 3.39. The highest BCUT2D eigenvalue weighted by molar-refractivity contribution is 5.39. The van der Waals surface area contributed by atoms with Crippen LogP contribution >= 0.6 is 0 Å². The minimum Gasteiger partial charge on any atom is -0.378 e. The average molecular weight is 234 g/mol. The number of ether oxygens (including phenoxy) is 1. The number of fused-ring (bicyclic) bond motifs is 1. The summed E-state index contributed by atoms with van der Waals surface area (Å²) >= 11 is 0. The first-order valence-electron chi connectivity index (χ1n) is 6.30. The fourth-order valence-electron chi connectivity index (χ4n) is 2.42. The zero-order chi connectivity index (χ0) is 11.7. The molecule has 0 bridgehead atoms. The van der Waals surface area contributed by atoms with Gasteiger partial charge in [0.25, 0.3) is 0 Å². The van der Waals surface area contributed by atoms with Crippen LogP contribution in [0.1, 0.15) is 23.9 Å². The van der Waals surface area contributed by atoms with E-state index >= 15 is 0 Å². The molecular formula is C12H18N4O. The van der Waals surface area contributed by atoms with Gasteiger partial charge in [0.15, 0.2) is 0 Å². The third-order valence-electron chi connectivity index (χ3n) is 3.39. The van der Waals surface area contributed by atoms with Gasteiger partial charge in [0.05, 0.1) is 24.6 Å². The predicted octanol–water partition coefficient (Wildman–Crippen LogP) is 0.479. The molecule has 1 aromatic rings. The molecule has 0 unspecified atom stereocenters. The molecule has 0 spiro atoms. The van der Waals surface area contributed by atoms with Crippen LogP contribution in [0.25, 0.3) is 0 Å². The number of hydrogen-bond donors (Lipinski definition) is 1. The minimum absolute atomic E-state index is 0.778. The molecule has 2 aliphatic heterocycles. The molecule has 1 aromatic heterocycles. The van der Waals surface area contributed by atoms with Crippen LogP contribution < -0.4 is 10.2 Å². The Hall–Kier alpha value is -1.20. The summed E-state index contributed by atoms with van der Waals surface area (Å²) in [6, 6.07) is 0. The number of anilines is 1. The molecule has 1 saturated heterocycles. The highest BCUT2D eigenvalue weighted by Crippen LogP contribution is 2.21. The van der Waals surface area contributed by atoms with E-state index in [1.807, 2.05) is 0 Å². The third kappa shape index (κ3) is 2.00. The average Bonchev–Trinajstić information content (AvgIpc) is 2.86. The lowest BCUT2D eigenvalue weighted by atomic mass is 10.1. The van der Waals surface area contributed by atoms with Crippen molar-refractivity contribution >= 4 is 5.95 Å². The van der Waals surface area contributed by atoms with E-state index in [4.69, 9.17) is 9.72 Å². The summed E-state index contributed by atoms with van der Waals surface area (Å²) in [7, 11) is 0. The summed E-state index contributed by atoms with van der Waals surface area (Å²) < 4.78 is 5.36. The summed E-state index contributed by atoms with van der Waals surface area (Å²) in [5.74, 6) is 0.882. The van der Waals surface area contributed by atoms with E-state index in [0.29, 0.717) is 0 Å². The molecule has 1 fully saturated rings. The second-order valence-electron chi connectivity index (χ2n) is 4.45. The second-order valence-corrected chi connectivity index (χ2v) is 4.45. The quantitative estimate of drug-likeness (QED) is 0.806. The van der Waals surface area contributed by atoms with Crippen molar-refractivity contribution in [2.75, 3.05) is 31.2 Å². The van der Waals surface area contributed by atoms with Crippen molar-refractivity contribution in [3.05, 3.63) is 17.0 Å². The molecular weight excluding hydrogens is 216 g/mol. The molecule has 0 radical (unpaired) electrons. The number of aryl methyl sites for hydroxylation is 1. The standard InChI is InChI=1S/C12H18N4O/c1-2-10-9-7-13-8-11(9)15-12(14-10)16-3-5-17-6-4-16/h13H,2-8H2,1H3. The Bertz CT molecular complexity index is 415. The molecule has 0 aliphatic carbocycles. The number of morpholine rings is 1. The minimum atomic E-state index is 0.778. The van der Waals surface area contributed by atoms with Gasteiger partial charge in [-0.3, -0.25) is 0 Å². The van der Waals surface area contributed by atoms with E-state index in [1.165, 1.54) is 17.0 Å². The number of nitrogens with zero attached hydrogens (tertiary/aromatic N) is 3. The number of aromatic nitrogens is 2. The topological polar surface area (TPSA) is 50.3 Å². The Labute approximate surface area is 101 Å². The zero-order valence-electron chi connectivity index (χ0n) is 10.2. The molecule has 5 heteroatoms. The van der Waals surface area contributed by atoms with Crippen molar-refractivity contribution in [2.24, 2.45) is 0 Å². The first-order valence-corrected chi connectivity index (χ1v) is 6.30. The number of nitrogens with one attached hydrogen (secondary N) is 1. The second kappa shape index (κ2) is 4.58.